The van der Waals surface area contributed by atoms with Crippen molar-refractivity contribution in [2.45, 2.75) is 44.4 Å². The third-order valence-corrected chi connectivity index (χ3v) is 2.03. The van der Waals surface area contributed by atoms with Crippen LogP contribution in [0, 0.1) is 0 Å². The third kappa shape index (κ3) is 2.71. The van der Waals surface area contributed by atoms with Crippen molar-refractivity contribution in [1.82, 2.24) is 0 Å². The van der Waals surface area contributed by atoms with Gasteiger partial charge in [0.05, 0.1) is 6.10 Å². The van der Waals surface area contributed by atoms with Gasteiger partial charge in [-0.25, -0.2) is 0 Å². The van der Waals surface area contributed by atoms with Crippen LogP contribution in [0.1, 0.15) is 25.7 Å². The van der Waals surface area contributed by atoms with Crippen molar-refractivity contribution < 1.29 is 13.5 Å². The number of rotatable bonds is 2. The molecule has 1 saturated carbocycles. The number of halogens is 2. The summed E-state index contributed by atoms with van der Waals surface area (Å²) in [6, 6.07) is -0.197. The van der Waals surface area contributed by atoms with Gasteiger partial charge in [-0.15, -0.1) is 0 Å². The Morgan fingerprint density at radius 1 is 1.27 bits per heavy atom. The van der Waals surface area contributed by atoms with Gasteiger partial charge in [-0.3, -0.25) is 0 Å². The van der Waals surface area contributed by atoms with Crippen LogP contribution < -0.4 is 5.73 Å². The molecule has 0 aliphatic heterocycles. The van der Waals surface area contributed by atoms with Crippen LogP contribution in [0.2, 0.25) is 0 Å². The molecule has 0 unspecified atom stereocenters. The highest BCUT2D eigenvalue weighted by atomic mass is 19.3. The molecule has 0 heterocycles. The highest BCUT2D eigenvalue weighted by Gasteiger charge is 2.24. The minimum absolute atomic E-state index is 0.197. The van der Waals surface area contributed by atoms with E-state index in [1.165, 1.54) is 0 Å². The summed E-state index contributed by atoms with van der Waals surface area (Å²) in [7, 11) is 0. The van der Waals surface area contributed by atoms with E-state index in [2.05, 4.69) is 4.74 Å². The van der Waals surface area contributed by atoms with Crippen LogP contribution in [0.25, 0.3) is 0 Å². The lowest BCUT2D eigenvalue weighted by Gasteiger charge is -2.27. The van der Waals surface area contributed by atoms with Crippen molar-refractivity contribution in [3.05, 3.63) is 0 Å². The van der Waals surface area contributed by atoms with E-state index in [4.69, 9.17) is 5.73 Å². The lowest BCUT2D eigenvalue weighted by molar-refractivity contribution is -0.173. The van der Waals surface area contributed by atoms with Crippen molar-refractivity contribution >= 4 is 0 Å². The van der Waals surface area contributed by atoms with Gasteiger partial charge >= 0.3 is 6.61 Å². The quantitative estimate of drug-likeness (QED) is 0.672. The van der Waals surface area contributed by atoms with E-state index in [-0.39, 0.29) is 6.04 Å². The summed E-state index contributed by atoms with van der Waals surface area (Å²) in [6.07, 6.45) is 3.03. The Balaban J connectivity index is 2.29. The normalized spacial score (nSPS) is 32.7. The summed E-state index contributed by atoms with van der Waals surface area (Å²) < 4.78 is 27.8. The van der Waals surface area contributed by atoms with Crippen LogP contribution >= 0.6 is 0 Å². The molecule has 11 heavy (non-hydrogen) atoms. The molecule has 66 valence electrons. The maximum atomic E-state index is 11.7. The second kappa shape index (κ2) is 3.97. The molecule has 1 rings (SSSR count). The highest BCUT2D eigenvalue weighted by Crippen LogP contribution is 2.21. The largest absolute Gasteiger partial charge is 0.345 e. The molecule has 4 heteroatoms. The van der Waals surface area contributed by atoms with Crippen molar-refractivity contribution in [1.29, 1.82) is 0 Å². The minimum atomic E-state index is -2.68. The van der Waals surface area contributed by atoms with Crippen LogP contribution in [-0.2, 0) is 4.74 Å². The lowest BCUT2D eigenvalue weighted by atomic mass is 9.93. The first-order chi connectivity index (χ1) is 5.20. The molecular formula is C7H13F2NO. The summed E-state index contributed by atoms with van der Waals surface area (Å²) >= 11 is 0. The molecule has 0 radical (unpaired) electrons. The van der Waals surface area contributed by atoms with Gasteiger partial charge in [0.1, 0.15) is 0 Å². The van der Waals surface area contributed by atoms with E-state index in [0.717, 1.165) is 19.3 Å². The Kier molecular flexibility index (Phi) is 3.20. The monoisotopic (exact) mass is 165 g/mol. The molecule has 0 aromatic heterocycles. The van der Waals surface area contributed by atoms with Crippen LogP contribution in [0.15, 0.2) is 0 Å². The van der Waals surface area contributed by atoms with Gasteiger partial charge in [-0.2, -0.15) is 8.78 Å². The molecule has 0 saturated heterocycles. The first-order valence-electron chi connectivity index (χ1n) is 3.89. The smallest absolute Gasteiger partial charge is 0.325 e. The fourth-order valence-electron chi connectivity index (χ4n) is 1.43. The van der Waals surface area contributed by atoms with Gasteiger partial charge in [0, 0.05) is 6.04 Å². The average Bonchev–Trinajstić information content (AvgIpc) is 1.93. The molecule has 1 aliphatic carbocycles. The zero-order valence-corrected chi connectivity index (χ0v) is 6.30. The summed E-state index contributed by atoms with van der Waals surface area (Å²) in [5, 5.41) is 0. The molecule has 0 bridgehead atoms. The Hall–Kier alpha value is -0.220. The molecule has 2 atom stereocenters. The van der Waals surface area contributed by atoms with Crippen LogP contribution in [0.3, 0.4) is 0 Å². The lowest BCUT2D eigenvalue weighted by Crippen LogP contribution is -2.40. The van der Waals surface area contributed by atoms with Crippen molar-refractivity contribution in [3.8, 4) is 0 Å². The molecule has 0 spiro atoms. The average molecular weight is 165 g/mol. The molecule has 0 aromatic carbocycles. The maximum absolute atomic E-state index is 11.7. The van der Waals surface area contributed by atoms with E-state index in [9.17, 15) is 8.78 Å². The summed E-state index contributed by atoms with van der Waals surface area (Å²) in [6.45, 7) is -2.68. The van der Waals surface area contributed by atoms with Crippen LogP contribution in [0.5, 0.6) is 0 Å². The Morgan fingerprint density at radius 2 is 1.91 bits per heavy atom. The number of hydrogen-bond donors (Lipinski definition) is 1. The van der Waals surface area contributed by atoms with E-state index in [0.29, 0.717) is 6.42 Å². The van der Waals surface area contributed by atoms with E-state index in [1.807, 2.05) is 0 Å². The predicted molar refractivity (Wildman–Crippen MR) is 37.3 cm³/mol. The van der Waals surface area contributed by atoms with Gasteiger partial charge in [0.15, 0.2) is 0 Å². The SMILES string of the molecule is N[C@H]1CCCC[C@@H]1OC(F)F. The molecule has 2 nitrogen and oxygen atoms in total. The Bertz CT molecular complexity index is 121. The molecular weight excluding hydrogens is 152 g/mol. The fourth-order valence-corrected chi connectivity index (χ4v) is 1.43. The minimum Gasteiger partial charge on any atom is -0.325 e. The van der Waals surface area contributed by atoms with E-state index >= 15 is 0 Å². The van der Waals surface area contributed by atoms with Gasteiger partial charge in [-0.05, 0) is 12.8 Å². The summed E-state index contributed by atoms with van der Waals surface area (Å²) in [4.78, 5) is 0. The first-order valence-corrected chi connectivity index (χ1v) is 3.89. The predicted octanol–water partition coefficient (Wildman–Crippen LogP) is 1.50. The van der Waals surface area contributed by atoms with Crippen molar-refractivity contribution in [3.63, 3.8) is 0 Å². The van der Waals surface area contributed by atoms with E-state index < -0.39 is 12.7 Å². The molecule has 2 N–H and O–H groups in total. The van der Waals surface area contributed by atoms with Crippen LogP contribution in [0.4, 0.5) is 8.78 Å². The second-order valence-electron chi connectivity index (χ2n) is 2.88. The molecule has 1 fully saturated rings. The standard InChI is InChI=1S/C7H13F2NO/c8-7(9)11-6-4-2-1-3-5(6)10/h5-7H,1-4,10H2/t5-,6-/m0/s1. The molecule has 1 aliphatic rings. The molecule has 0 aromatic rings. The first kappa shape index (κ1) is 8.87. The summed E-state index contributed by atoms with van der Waals surface area (Å²) in [5.74, 6) is 0. The third-order valence-electron chi connectivity index (χ3n) is 2.03. The zero-order valence-electron chi connectivity index (χ0n) is 6.30. The molecule has 0 amide bonds. The number of hydrogen-bond acceptors (Lipinski definition) is 2. The Labute approximate surface area is 64.7 Å². The maximum Gasteiger partial charge on any atom is 0.345 e. The zero-order chi connectivity index (χ0) is 8.27. The van der Waals surface area contributed by atoms with Gasteiger partial charge in [0.2, 0.25) is 0 Å². The Morgan fingerprint density at radius 3 is 2.45 bits per heavy atom. The van der Waals surface area contributed by atoms with Gasteiger partial charge in [0.25, 0.3) is 0 Å². The van der Waals surface area contributed by atoms with Crippen molar-refractivity contribution in [2.75, 3.05) is 0 Å². The van der Waals surface area contributed by atoms with Gasteiger partial charge in [-0.1, -0.05) is 12.8 Å². The van der Waals surface area contributed by atoms with E-state index in [1.54, 1.807) is 0 Å². The summed E-state index contributed by atoms with van der Waals surface area (Å²) in [5.41, 5.74) is 5.57. The highest BCUT2D eigenvalue weighted by molar-refractivity contribution is 4.78. The van der Waals surface area contributed by atoms with Crippen LogP contribution in [-0.4, -0.2) is 18.8 Å². The number of nitrogens with two attached hydrogens (primary N) is 1. The second-order valence-corrected chi connectivity index (χ2v) is 2.88. The fraction of sp³-hybridized carbons (Fsp3) is 1.00. The number of ether oxygens (including phenoxy) is 1. The van der Waals surface area contributed by atoms with Gasteiger partial charge < -0.3 is 10.5 Å². The topological polar surface area (TPSA) is 35.2 Å². The van der Waals surface area contributed by atoms with Crippen molar-refractivity contribution in [2.24, 2.45) is 5.73 Å². The number of alkyl halides is 2.